The Balaban J connectivity index is 1.75. The molecule has 0 unspecified atom stereocenters. The zero-order chi connectivity index (χ0) is 21.7. The first-order chi connectivity index (χ1) is 14.4. The molecule has 3 rings (SSSR count). The lowest BCUT2D eigenvalue weighted by Crippen LogP contribution is -2.21. The van der Waals surface area contributed by atoms with E-state index < -0.39 is 6.09 Å². The molecule has 0 radical (unpaired) electrons. The van der Waals surface area contributed by atoms with Gasteiger partial charge in [0.2, 0.25) is 0 Å². The fraction of sp³-hybridized carbons (Fsp3) is 0.286. The summed E-state index contributed by atoms with van der Waals surface area (Å²) in [6, 6.07) is 9.31. The lowest BCUT2D eigenvalue weighted by molar-refractivity contribution is 0.194. The zero-order valence-corrected chi connectivity index (χ0v) is 17.0. The molecule has 0 saturated carbocycles. The molecule has 158 valence electrons. The van der Waals surface area contributed by atoms with Gasteiger partial charge in [0.1, 0.15) is 5.82 Å². The third-order valence-corrected chi connectivity index (χ3v) is 4.69. The van der Waals surface area contributed by atoms with Crippen molar-refractivity contribution in [2.45, 2.75) is 26.6 Å². The van der Waals surface area contributed by atoms with Crippen molar-refractivity contribution in [3.8, 4) is 11.5 Å². The number of nitrogens with zero attached hydrogens (tertiary/aromatic N) is 1. The molecule has 4 N–H and O–H groups in total. The van der Waals surface area contributed by atoms with Gasteiger partial charge in [-0.05, 0) is 18.1 Å². The zero-order valence-electron chi connectivity index (χ0n) is 17.0. The molecular formula is C21H24N4O5. The van der Waals surface area contributed by atoms with Crippen LogP contribution >= 0.6 is 0 Å². The third-order valence-electron chi connectivity index (χ3n) is 4.69. The van der Waals surface area contributed by atoms with Crippen LogP contribution in [0.15, 0.2) is 35.1 Å². The van der Waals surface area contributed by atoms with Crippen LogP contribution in [-0.2, 0) is 19.6 Å². The number of nitrogens with one attached hydrogen (secondary N) is 3. The van der Waals surface area contributed by atoms with Crippen LogP contribution in [0, 0.1) is 6.92 Å². The molecule has 0 aliphatic carbocycles. The van der Waals surface area contributed by atoms with Crippen molar-refractivity contribution < 1.29 is 19.4 Å². The van der Waals surface area contributed by atoms with E-state index in [-0.39, 0.29) is 12.1 Å². The number of ether oxygens (including phenoxy) is 2. The predicted octanol–water partition coefficient (Wildman–Crippen LogP) is 2.31. The van der Waals surface area contributed by atoms with E-state index in [0.717, 1.165) is 11.1 Å². The first-order valence-corrected chi connectivity index (χ1v) is 9.32. The van der Waals surface area contributed by atoms with Gasteiger partial charge in [0, 0.05) is 24.7 Å². The fourth-order valence-electron chi connectivity index (χ4n) is 3.35. The lowest BCUT2D eigenvalue weighted by Gasteiger charge is -2.13. The minimum atomic E-state index is -1.06. The summed E-state index contributed by atoms with van der Waals surface area (Å²) in [5.41, 5.74) is 2.83. The van der Waals surface area contributed by atoms with Crippen molar-refractivity contribution in [3.05, 3.63) is 63.2 Å². The number of H-pyrrole nitrogens is 1. The summed E-state index contributed by atoms with van der Waals surface area (Å²) in [6.07, 6.45) is -1.06. The number of amides is 1. The van der Waals surface area contributed by atoms with Gasteiger partial charge in [0.25, 0.3) is 5.56 Å². The number of hydrogen-bond acceptors (Lipinski definition) is 6. The number of benzene rings is 2. The van der Waals surface area contributed by atoms with Gasteiger partial charge in [-0.15, -0.1) is 0 Å². The third kappa shape index (κ3) is 4.69. The summed E-state index contributed by atoms with van der Waals surface area (Å²) >= 11 is 0. The number of aromatic nitrogens is 2. The van der Waals surface area contributed by atoms with Gasteiger partial charge >= 0.3 is 6.09 Å². The predicted molar refractivity (Wildman–Crippen MR) is 112 cm³/mol. The van der Waals surface area contributed by atoms with Gasteiger partial charge in [-0.1, -0.05) is 24.3 Å². The highest BCUT2D eigenvalue weighted by Gasteiger charge is 2.15. The van der Waals surface area contributed by atoms with Gasteiger partial charge in [0.15, 0.2) is 11.5 Å². The van der Waals surface area contributed by atoms with Gasteiger partial charge in [-0.2, -0.15) is 4.98 Å². The number of carbonyl (C=O) groups is 1. The minimum Gasteiger partial charge on any atom is -0.493 e. The number of rotatable bonds is 8. The van der Waals surface area contributed by atoms with Crippen molar-refractivity contribution in [2.24, 2.45) is 0 Å². The van der Waals surface area contributed by atoms with Gasteiger partial charge in [-0.3, -0.25) is 4.79 Å². The Kier molecular flexibility index (Phi) is 6.53. The average Bonchev–Trinajstić information content (AvgIpc) is 2.72. The number of fused-ring (bicyclic) bond motifs is 1. The number of aryl methyl sites for hydroxylation is 1. The monoisotopic (exact) mass is 412 g/mol. The Hall–Kier alpha value is -3.59. The van der Waals surface area contributed by atoms with Crippen LogP contribution in [0.5, 0.6) is 11.5 Å². The van der Waals surface area contributed by atoms with Gasteiger partial charge < -0.3 is 30.2 Å². The standard InChI is InChI=1S/C21H24N4O5/c1-12-18-15(8-16(29-2)19(12)30-3)24-17(25-20(18)26)11-22-9-13-5-4-6-14(7-13)10-23-21(27)28/h4-8,22-23H,9-11H2,1-3H3,(H,27,28)(H,24,25,26). The quantitative estimate of drug-likeness (QED) is 0.447. The highest BCUT2D eigenvalue weighted by Crippen LogP contribution is 2.34. The molecule has 3 aromatic rings. The molecule has 0 atom stereocenters. The first-order valence-electron chi connectivity index (χ1n) is 9.32. The summed E-state index contributed by atoms with van der Waals surface area (Å²) < 4.78 is 10.7. The molecule has 9 nitrogen and oxygen atoms in total. The summed E-state index contributed by atoms with van der Waals surface area (Å²) in [6.45, 7) is 2.93. The molecule has 0 spiro atoms. The first kappa shape index (κ1) is 21.1. The highest BCUT2D eigenvalue weighted by molar-refractivity contribution is 5.86. The van der Waals surface area contributed by atoms with Crippen LogP contribution in [-0.4, -0.2) is 35.4 Å². The molecule has 30 heavy (non-hydrogen) atoms. The Morgan fingerprint density at radius 3 is 2.53 bits per heavy atom. The van der Waals surface area contributed by atoms with Crippen LogP contribution in [0.25, 0.3) is 10.9 Å². The molecule has 0 bridgehead atoms. The maximum Gasteiger partial charge on any atom is 0.404 e. The van der Waals surface area contributed by atoms with Gasteiger partial charge in [-0.25, -0.2) is 4.79 Å². The average molecular weight is 412 g/mol. The SMILES string of the molecule is COc1cc2[nH]c(CNCc3cccc(CNC(=O)O)c3)nc(=O)c2c(C)c1OC. The molecule has 9 heteroatoms. The van der Waals surface area contributed by atoms with E-state index in [4.69, 9.17) is 14.6 Å². The molecule has 0 saturated heterocycles. The van der Waals surface area contributed by atoms with E-state index >= 15 is 0 Å². The summed E-state index contributed by atoms with van der Waals surface area (Å²) in [5.74, 6) is 1.55. The van der Waals surface area contributed by atoms with E-state index in [2.05, 4.69) is 20.6 Å². The van der Waals surface area contributed by atoms with E-state index in [9.17, 15) is 9.59 Å². The Bertz CT molecular complexity index is 1130. The maximum atomic E-state index is 12.6. The van der Waals surface area contributed by atoms with E-state index in [0.29, 0.717) is 46.9 Å². The second-order valence-corrected chi connectivity index (χ2v) is 6.73. The molecule has 0 fully saturated rings. The van der Waals surface area contributed by atoms with Crippen molar-refractivity contribution in [3.63, 3.8) is 0 Å². The maximum absolute atomic E-state index is 12.6. The lowest BCUT2D eigenvalue weighted by atomic mass is 10.1. The summed E-state index contributed by atoms with van der Waals surface area (Å²) in [4.78, 5) is 30.5. The Morgan fingerprint density at radius 1 is 1.13 bits per heavy atom. The largest absolute Gasteiger partial charge is 0.493 e. The van der Waals surface area contributed by atoms with Crippen molar-refractivity contribution in [1.29, 1.82) is 0 Å². The molecular weight excluding hydrogens is 388 g/mol. The molecule has 0 aliphatic heterocycles. The highest BCUT2D eigenvalue weighted by atomic mass is 16.5. The number of carboxylic acid groups (broad SMARTS) is 1. The van der Waals surface area contributed by atoms with E-state index in [1.54, 1.807) is 20.1 Å². The number of hydrogen-bond donors (Lipinski definition) is 4. The summed E-state index contributed by atoms with van der Waals surface area (Å²) in [5, 5.41) is 14.8. The number of aromatic amines is 1. The van der Waals surface area contributed by atoms with Crippen molar-refractivity contribution in [2.75, 3.05) is 14.2 Å². The topological polar surface area (TPSA) is 126 Å². The minimum absolute atomic E-state index is 0.243. The number of methoxy groups -OCH3 is 2. The van der Waals surface area contributed by atoms with Crippen LogP contribution in [0.4, 0.5) is 4.79 Å². The normalized spacial score (nSPS) is 10.8. The van der Waals surface area contributed by atoms with Crippen LogP contribution in [0.3, 0.4) is 0 Å². The van der Waals surface area contributed by atoms with Crippen LogP contribution < -0.4 is 25.7 Å². The van der Waals surface area contributed by atoms with Crippen LogP contribution in [0.1, 0.15) is 22.5 Å². The Morgan fingerprint density at radius 2 is 1.87 bits per heavy atom. The van der Waals surface area contributed by atoms with Crippen molar-refractivity contribution >= 4 is 17.0 Å². The second-order valence-electron chi connectivity index (χ2n) is 6.73. The van der Waals surface area contributed by atoms with Crippen molar-refractivity contribution in [1.82, 2.24) is 20.6 Å². The molecule has 1 amide bonds. The second kappa shape index (κ2) is 9.27. The Labute approximate surface area is 173 Å². The van der Waals surface area contributed by atoms with Gasteiger partial charge in [0.05, 0.1) is 31.7 Å². The fourth-order valence-corrected chi connectivity index (χ4v) is 3.35. The molecule has 2 aromatic carbocycles. The van der Waals surface area contributed by atoms with E-state index in [1.807, 2.05) is 24.3 Å². The molecule has 1 aromatic heterocycles. The van der Waals surface area contributed by atoms with Crippen LogP contribution in [0.2, 0.25) is 0 Å². The smallest absolute Gasteiger partial charge is 0.404 e. The van der Waals surface area contributed by atoms with E-state index in [1.165, 1.54) is 7.11 Å². The molecule has 1 heterocycles. The summed E-state index contributed by atoms with van der Waals surface area (Å²) in [7, 11) is 3.08. The molecule has 0 aliphatic rings.